The van der Waals surface area contributed by atoms with E-state index in [1.54, 1.807) is 0 Å². The molecule has 0 aliphatic carbocycles. The highest BCUT2D eigenvalue weighted by atomic mass is 16.6. The molecular weight excluding hydrogens is 745 g/mol. The summed E-state index contributed by atoms with van der Waals surface area (Å²) in [5.41, 5.74) is 0. The van der Waals surface area contributed by atoms with Crippen LogP contribution in [0.25, 0.3) is 0 Å². The molecule has 0 aromatic carbocycles. The summed E-state index contributed by atoms with van der Waals surface area (Å²) in [5, 5.41) is 0. The lowest BCUT2D eigenvalue weighted by Gasteiger charge is -2.18. The minimum Gasteiger partial charge on any atom is -0.462 e. The molecule has 1 atom stereocenters. The summed E-state index contributed by atoms with van der Waals surface area (Å²) in [6, 6.07) is 0. The van der Waals surface area contributed by atoms with E-state index in [4.69, 9.17) is 14.2 Å². The summed E-state index contributed by atoms with van der Waals surface area (Å²) in [6.07, 6.45) is 48.1. The van der Waals surface area contributed by atoms with Crippen molar-refractivity contribution in [2.75, 3.05) is 13.2 Å². The van der Waals surface area contributed by atoms with Gasteiger partial charge in [-0.25, -0.2) is 0 Å². The van der Waals surface area contributed by atoms with Gasteiger partial charge in [0.15, 0.2) is 6.10 Å². The minimum atomic E-state index is -0.762. The van der Waals surface area contributed by atoms with Crippen molar-refractivity contribution in [1.82, 2.24) is 0 Å². The number of esters is 3. The first-order valence-electron chi connectivity index (χ1n) is 26.7. The Morgan fingerprint density at radius 3 is 0.817 bits per heavy atom. The third kappa shape index (κ3) is 47.5. The van der Waals surface area contributed by atoms with E-state index in [0.29, 0.717) is 19.3 Å². The highest BCUT2D eigenvalue weighted by Crippen LogP contribution is 2.18. The van der Waals surface area contributed by atoms with Crippen LogP contribution in [0.2, 0.25) is 0 Å². The molecule has 0 heterocycles. The first-order valence-corrected chi connectivity index (χ1v) is 26.7. The van der Waals surface area contributed by atoms with E-state index in [1.807, 2.05) is 0 Å². The molecule has 0 aromatic rings. The molecule has 0 rings (SSSR count). The highest BCUT2D eigenvalue weighted by molar-refractivity contribution is 5.71. The quantitative estimate of drug-likeness (QED) is 0.0345. The number of rotatable bonds is 48. The second-order valence-corrected chi connectivity index (χ2v) is 19.5. The third-order valence-electron chi connectivity index (χ3n) is 12.2. The maximum Gasteiger partial charge on any atom is 0.306 e. The SMILES string of the molecule is CCCCCCCCCCCCCCCC(=O)OC[C@@H](COC(=O)CCCCCCCCCCCCCCCCCCC(C)C)OC(=O)CCCCCCCCCC(C)C. The van der Waals surface area contributed by atoms with Crippen LogP contribution in [0.1, 0.15) is 298 Å². The summed E-state index contributed by atoms with van der Waals surface area (Å²) < 4.78 is 16.8. The van der Waals surface area contributed by atoms with Gasteiger partial charge in [-0.2, -0.15) is 0 Å². The predicted octanol–water partition coefficient (Wildman–Crippen LogP) is 17.3. The zero-order chi connectivity index (χ0) is 44.0. The average Bonchev–Trinajstić information content (AvgIpc) is 3.22. The molecule has 0 amide bonds. The van der Waals surface area contributed by atoms with Crippen LogP contribution >= 0.6 is 0 Å². The average molecular weight is 849 g/mol. The van der Waals surface area contributed by atoms with Crippen LogP contribution in [-0.4, -0.2) is 37.2 Å². The Hall–Kier alpha value is -1.59. The van der Waals surface area contributed by atoms with Crippen molar-refractivity contribution in [3.63, 3.8) is 0 Å². The first kappa shape index (κ1) is 58.4. The number of carbonyl (C=O) groups is 3. The molecule has 0 saturated heterocycles. The molecule has 0 fully saturated rings. The first-order chi connectivity index (χ1) is 29.2. The van der Waals surface area contributed by atoms with Crippen molar-refractivity contribution >= 4 is 17.9 Å². The zero-order valence-electron chi connectivity index (χ0n) is 41.1. The summed E-state index contributed by atoms with van der Waals surface area (Å²) in [7, 11) is 0. The number of unbranched alkanes of at least 4 members (excludes halogenated alkanes) is 33. The van der Waals surface area contributed by atoms with Crippen LogP contribution in [0.3, 0.4) is 0 Å². The molecule has 60 heavy (non-hydrogen) atoms. The molecule has 6 heteroatoms. The van der Waals surface area contributed by atoms with E-state index in [-0.39, 0.29) is 31.1 Å². The molecule has 0 spiro atoms. The van der Waals surface area contributed by atoms with Gasteiger partial charge in [-0.15, -0.1) is 0 Å². The molecule has 0 aliphatic heterocycles. The zero-order valence-corrected chi connectivity index (χ0v) is 41.1. The lowest BCUT2D eigenvalue weighted by atomic mass is 10.0. The summed E-state index contributed by atoms with van der Waals surface area (Å²) in [5.74, 6) is 0.782. The Labute approximate surface area is 374 Å². The van der Waals surface area contributed by atoms with Crippen LogP contribution in [-0.2, 0) is 28.6 Å². The van der Waals surface area contributed by atoms with Gasteiger partial charge in [0.05, 0.1) is 0 Å². The lowest BCUT2D eigenvalue weighted by molar-refractivity contribution is -0.167. The molecule has 6 nitrogen and oxygen atoms in total. The predicted molar refractivity (Wildman–Crippen MR) is 256 cm³/mol. The van der Waals surface area contributed by atoms with E-state index < -0.39 is 6.10 Å². The second kappa shape index (κ2) is 46.9. The molecule has 356 valence electrons. The van der Waals surface area contributed by atoms with Crippen LogP contribution in [0.5, 0.6) is 0 Å². The fraction of sp³-hybridized carbons (Fsp3) is 0.944. The summed E-state index contributed by atoms with van der Waals surface area (Å²) in [6.45, 7) is 11.3. The van der Waals surface area contributed by atoms with E-state index in [9.17, 15) is 14.4 Å². The van der Waals surface area contributed by atoms with Crippen molar-refractivity contribution in [3.8, 4) is 0 Å². The molecule has 0 bridgehead atoms. The van der Waals surface area contributed by atoms with Crippen molar-refractivity contribution in [3.05, 3.63) is 0 Å². The Kier molecular flexibility index (Phi) is 45.7. The van der Waals surface area contributed by atoms with Crippen LogP contribution in [0.15, 0.2) is 0 Å². The van der Waals surface area contributed by atoms with Crippen LogP contribution < -0.4 is 0 Å². The molecule has 0 aliphatic rings. The van der Waals surface area contributed by atoms with Crippen molar-refractivity contribution in [1.29, 1.82) is 0 Å². The van der Waals surface area contributed by atoms with Gasteiger partial charge in [-0.1, -0.05) is 259 Å². The number of ether oxygens (including phenoxy) is 3. The van der Waals surface area contributed by atoms with Gasteiger partial charge >= 0.3 is 17.9 Å². The number of carbonyl (C=O) groups excluding carboxylic acids is 3. The van der Waals surface area contributed by atoms with Crippen LogP contribution in [0.4, 0.5) is 0 Å². The van der Waals surface area contributed by atoms with Crippen LogP contribution in [0, 0.1) is 11.8 Å². The van der Waals surface area contributed by atoms with E-state index in [0.717, 1.165) is 69.6 Å². The van der Waals surface area contributed by atoms with Crippen molar-refractivity contribution < 1.29 is 28.6 Å². The molecular formula is C54H104O6. The Balaban J connectivity index is 4.22. The van der Waals surface area contributed by atoms with Crippen molar-refractivity contribution in [2.24, 2.45) is 11.8 Å². The summed E-state index contributed by atoms with van der Waals surface area (Å²) in [4.78, 5) is 37.9. The molecule has 0 unspecified atom stereocenters. The fourth-order valence-corrected chi connectivity index (χ4v) is 8.17. The Morgan fingerprint density at radius 1 is 0.317 bits per heavy atom. The van der Waals surface area contributed by atoms with Gasteiger partial charge in [-0.05, 0) is 31.1 Å². The second-order valence-electron chi connectivity index (χ2n) is 19.5. The minimum absolute atomic E-state index is 0.0641. The number of hydrogen-bond donors (Lipinski definition) is 0. The maximum absolute atomic E-state index is 12.7. The van der Waals surface area contributed by atoms with Gasteiger partial charge < -0.3 is 14.2 Å². The van der Waals surface area contributed by atoms with Gasteiger partial charge in [-0.3, -0.25) is 14.4 Å². The fourth-order valence-electron chi connectivity index (χ4n) is 8.17. The molecule has 0 aromatic heterocycles. The molecule has 0 N–H and O–H groups in total. The Morgan fingerprint density at radius 2 is 0.550 bits per heavy atom. The molecule has 0 saturated carbocycles. The normalized spacial score (nSPS) is 12.1. The Bertz CT molecular complexity index is 916. The topological polar surface area (TPSA) is 78.9 Å². The van der Waals surface area contributed by atoms with Gasteiger partial charge in [0.25, 0.3) is 0 Å². The highest BCUT2D eigenvalue weighted by Gasteiger charge is 2.19. The molecule has 0 radical (unpaired) electrons. The largest absolute Gasteiger partial charge is 0.462 e. The van der Waals surface area contributed by atoms with E-state index in [1.165, 1.54) is 186 Å². The van der Waals surface area contributed by atoms with Gasteiger partial charge in [0, 0.05) is 19.3 Å². The lowest BCUT2D eigenvalue weighted by Crippen LogP contribution is -2.30. The number of hydrogen-bond acceptors (Lipinski definition) is 6. The standard InChI is InChI=1S/C54H104O6/c1-6-7-8-9-10-11-12-17-21-24-29-34-39-44-52(55)58-47-51(60-54(57)46-41-36-31-26-28-33-38-43-50(4)5)48-59-53(56)45-40-35-30-25-22-19-16-14-13-15-18-20-23-27-32-37-42-49(2)3/h49-51H,6-48H2,1-5H3/t51-/m0/s1. The summed E-state index contributed by atoms with van der Waals surface area (Å²) >= 11 is 0. The van der Waals surface area contributed by atoms with Crippen molar-refractivity contribution in [2.45, 2.75) is 304 Å². The van der Waals surface area contributed by atoms with E-state index in [2.05, 4.69) is 34.6 Å². The van der Waals surface area contributed by atoms with Gasteiger partial charge in [0.2, 0.25) is 0 Å². The van der Waals surface area contributed by atoms with E-state index >= 15 is 0 Å². The van der Waals surface area contributed by atoms with Gasteiger partial charge in [0.1, 0.15) is 13.2 Å². The monoisotopic (exact) mass is 849 g/mol. The smallest absolute Gasteiger partial charge is 0.306 e. The third-order valence-corrected chi connectivity index (χ3v) is 12.2. The maximum atomic E-state index is 12.7.